The van der Waals surface area contributed by atoms with Gasteiger partial charge < -0.3 is 0 Å². The Morgan fingerprint density at radius 2 is 2.00 bits per heavy atom. The molecule has 1 N–H and O–H groups in total. The molecule has 0 unspecified atom stereocenters. The van der Waals surface area contributed by atoms with Crippen LogP contribution in [0, 0.1) is 6.92 Å². The number of carbonyl (C=O) groups excluding carboxylic acids is 1. The first-order chi connectivity index (χ1) is 12.2. The summed E-state index contributed by atoms with van der Waals surface area (Å²) in [4.78, 5) is 14.1. The van der Waals surface area contributed by atoms with E-state index in [4.69, 9.17) is 0 Å². The minimum atomic E-state index is -0.168. The molecule has 25 heavy (non-hydrogen) atoms. The van der Waals surface area contributed by atoms with Gasteiger partial charge in [0.15, 0.2) is 0 Å². The van der Waals surface area contributed by atoms with Crippen LogP contribution in [0.25, 0.3) is 15.9 Å². The molecule has 1 aromatic carbocycles. The Balaban J connectivity index is 1.68. The van der Waals surface area contributed by atoms with Crippen molar-refractivity contribution in [3.8, 4) is 5.69 Å². The van der Waals surface area contributed by atoms with Gasteiger partial charge in [0.25, 0.3) is 5.91 Å². The van der Waals surface area contributed by atoms with Crippen molar-refractivity contribution in [1.29, 1.82) is 0 Å². The monoisotopic (exact) mass is 369 g/mol. The Kier molecular flexibility index (Phi) is 4.06. The number of para-hydroxylation sites is 1. The molecule has 4 rings (SSSR count). The molecule has 0 saturated carbocycles. The summed E-state index contributed by atoms with van der Waals surface area (Å²) in [7, 11) is 0. The number of hydrogen-bond acceptors (Lipinski definition) is 6. The third-order valence-corrected chi connectivity index (χ3v) is 5.85. The first-order valence-corrected chi connectivity index (χ1v) is 9.47. The first-order valence-electron chi connectivity index (χ1n) is 7.84. The van der Waals surface area contributed by atoms with Gasteiger partial charge in [0.1, 0.15) is 9.84 Å². The molecular formula is C17H15N5OS2. The molecule has 0 saturated heterocycles. The summed E-state index contributed by atoms with van der Waals surface area (Å²) in [5.41, 5.74) is 1.88. The highest BCUT2D eigenvalue weighted by molar-refractivity contribution is 7.20. The summed E-state index contributed by atoms with van der Waals surface area (Å²) < 4.78 is 1.88. The zero-order valence-corrected chi connectivity index (χ0v) is 15.3. The van der Waals surface area contributed by atoms with Gasteiger partial charge in [0, 0.05) is 5.39 Å². The van der Waals surface area contributed by atoms with Gasteiger partial charge in [-0.3, -0.25) is 10.1 Å². The van der Waals surface area contributed by atoms with Gasteiger partial charge in [0.05, 0.1) is 16.3 Å². The number of carbonyl (C=O) groups is 1. The van der Waals surface area contributed by atoms with Crippen LogP contribution in [0.3, 0.4) is 0 Å². The highest BCUT2D eigenvalue weighted by Crippen LogP contribution is 2.31. The Morgan fingerprint density at radius 3 is 2.72 bits per heavy atom. The summed E-state index contributed by atoms with van der Waals surface area (Å²) in [6.07, 6.45) is 0.808. The van der Waals surface area contributed by atoms with Gasteiger partial charge in [-0.1, -0.05) is 36.5 Å². The van der Waals surface area contributed by atoms with Crippen molar-refractivity contribution in [2.45, 2.75) is 20.3 Å². The van der Waals surface area contributed by atoms with Crippen LogP contribution < -0.4 is 5.32 Å². The predicted octanol–water partition coefficient (Wildman–Crippen LogP) is 4.06. The lowest BCUT2D eigenvalue weighted by Crippen LogP contribution is -2.09. The second-order valence-corrected chi connectivity index (χ2v) is 7.56. The second kappa shape index (κ2) is 6.38. The molecule has 8 heteroatoms. The van der Waals surface area contributed by atoms with Crippen molar-refractivity contribution >= 4 is 43.9 Å². The minimum Gasteiger partial charge on any atom is -0.296 e. The van der Waals surface area contributed by atoms with Crippen LogP contribution in [0.4, 0.5) is 5.13 Å². The van der Waals surface area contributed by atoms with Crippen LogP contribution in [0.1, 0.15) is 27.3 Å². The van der Waals surface area contributed by atoms with E-state index in [1.807, 2.05) is 54.9 Å². The molecule has 0 aliphatic rings. The maximum absolute atomic E-state index is 12.5. The Morgan fingerprint density at radius 1 is 1.20 bits per heavy atom. The Hall–Kier alpha value is -2.58. The van der Waals surface area contributed by atoms with E-state index in [-0.39, 0.29) is 5.91 Å². The zero-order chi connectivity index (χ0) is 17.4. The SMILES string of the molecule is CCc1nnc(NC(=O)c2cc3c(C)nn(-c4ccccc4)c3s2)s1. The molecule has 3 heterocycles. The van der Waals surface area contributed by atoms with Crippen molar-refractivity contribution in [2.24, 2.45) is 0 Å². The number of amides is 1. The average Bonchev–Trinajstić information content (AvgIpc) is 3.32. The van der Waals surface area contributed by atoms with Crippen LogP contribution in [0.5, 0.6) is 0 Å². The van der Waals surface area contributed by atoms with Gasteiger partial charge >= 0.3 is 0 Å². The molecule has 126 valence electrons. The summed E-state index contributed by atoms with van der Waals surface area (Å²) in [6, 6.07) is 11.8. The highest BCUT2D eigenvalue weighted by atomic mass is 32.1. The third kappa shape index (κ3) is 2.94. The maximum atomic E-state index is 12.5. The van der Waals surface area contributed by atoms with Crippen LogP contribution in [0.15, 0.2) is 36.4 Å². The molecule has 0 spiro atoms. The maximum Gasteiger partial charge on any atom is 0.267 e. The van der Waals surface area contributed by atoms with E-state index in [9.17, 15) is 4.79 Å². The number of benzene rings is 1. The van der Waals surface area contributed by atoms with Crippen molar-refractivity contribution in [1.82, 2.24) is 20.0 Å². The summed E-state index contributed by atoms with van der Waals surface area (Å²) in [5, 5.41) is 17.9. The normalized spacial score (nSPS) is 11.1. The number of nitrogens with zero attached hydrogens (tertiary/aromatic N) is 4. The largest absolute Gasteiger partial charge is 0.296 e. The molecule has 0 fully saturated rings. The van der Waals surface area contributed by atoms with E-state index >= 15 is 0 Å². The number of hydrogen-bond donors (Lipinski definition) is 1. The molecule has 4 aromatic rings. The molecular weight excluding hydrogens is 354 g/mol. The van der Waals surface area contributed by atoms with E-state index in [1.54, 1.807) is 0 Å². The van der Waals surface area contributed by atoms with Crippen molar-refractivity contribution in [3.63, 3.8) is 0 Å². The molecule has 0 aliphatic carbocycles. The van der Waals surface area contributed by atoms with Gasteiger partial charge in [-0.2, -0.15) is 5.10 Å². The van der Waals surface area contributed by atoms with Crippen LogP contribution in [-0.2, 0) is 6.42 Å². The third-order valence-electron chi connectivity index (χ3n) is 3.76. The molecule has 0 bridgehead atoms. The van der Waals surface area contributed by atoms with Crippen molar-refractivity contribution in [2.75, 3.05) is 5.32 Å². The van der Waals surface area contributed by atoms with Gasteiger partial charge in [-0.05, 0) is 31.5 Å². The lowest BCUT2D eigenvalue weighted by atomic mass is 10.3. The molecule has 3 aromatic heterocycles. The lowest BCUT2D eigenvalue weighted by molar-refractivity contribution is 0.103. The van der Waals surface area contributed by atoms with E-state index in [2.05, 4.69) is 20.6 Å². The summed E-state index contributed by atoms with van der Waals surface area (Å²) >= 11 is 2.83. The van der Waals surface area contributed by atoms with Crippen LogP contribution in [0.2, 0.25) is 0 Å². The van der Waals surface area contributed by atoms with Crippen molar-refractivity contribution in [3.05, 3.63) is 52.0 Å². The lowest BCUT2D eigenvalue weighted by Gasteiger charge is -2.01. The van der Waals surface area contributed by atoms with Gasteiger partial charge in [-0.25, -0.2) is 4.68 Å². The topological polar surface area (TPSA) is 72.7 Å². The standard InChI is InChI=1S/C17H15N5OS2/c1-3-14-19-20-17(25-14)18-15(23)13-9-12-10(2)21-22(16(12)24-13)11-7-5-4-6-8-11/h4-9H,3H2,1-2H3,(H,18,20,23). The van der Waals surface area contributed by atoms with Crippen LogP contribution in [-0.4, -0.2) is 25.9 Å². The molecule has 0 atom stereocenters. The van der Waals surface area contributed by atoms with E-state index in [1.165, 1.54) is 22.7 Å². The summed E-state index contributed by atoms with van der Waals surface area (Å²) in [5.74, 6) is -0.168. The molecule has 0 aliphatic heterocycles. The molecule has 6 nitrogen and oxygen atoms in total. The zero-order valence-electron chi connectivity index (χ0n) is 13.7. The number of fused-ring (bicyclic) bond motifs is 1. The number of rotatable bonds is 4. The number of nitrogens with one attached hydrogen (secondary N) is 1. The van der Waals surface area contributed by atoms with Gasteiger partial charge in [-0.15, -0.1) is 21.5 Å². The number of thiophene rings is 1. The highest BCUT2D eigenvalue weighted by Gasteiger charge is 2.18. The van der Waals surface area contributed by atoms with Crippen molar-refractivity contribution < 1.29 is 4.79 Å². The van der Waals surface area contributed by atoms with Crippen LogP contribution >= 0.6 is 22.7 Å². The minimum absolute atomic E-state index is 0.168. The number of anilines is 1. The van der Waals surface area contributed by atoms with Gasteiger partial charge in [0.2, 0.25) is 5.13 Å². The fourth-order valence-corrected chi connectivity index (χ4v) is 4.26. The predicted molar refractivity (Wildman–Crippen MR) is 101 cm³/mol. The fourth-order valence-electron chi connectivity index (χ4n) is 2.51. The summed E-state index contributed by atoms with van der Waals surface area (Å²) in [6.45, 7) is 3.96. The quantitative estimate of drug-likeness (QED) is 0.589. The van der Waals surface area contributed by atoms with E-state index in [0.29, 0.717) is 10.0 Å². The Bertz CT molecular complexity index is 1050. The second-order valence-electron chi connectivity index (χ2n) is 5.47. The average molecular weight is 369 g/mol. The molecule has 0 radical (unpaired) electrons. The van der Waals surface area contributed by atoms with E-state index in [0.717, 1.165) is 33.0 Å². The number of aryl methyl sites for hydroxylation is 2. The molecule has 1 amide bonds. The fraction of sp³-hybridized carbons (Fsp3) is 0.176. The smallest absolute Gasteiger partial charge is 0.267 e. The van der Waals surface area contributed by atoms with E-state index < -0.39 is 0 Å². The first kappa shape index (κ1) is 15.9. The number of aromatic nitrogens is 4. The Labute approximate surface area is 152 Å².